The van der Waals surface area contributed by atoms with E-state index in [2.05, 4.69) is 0 Å². The summed E-state index contributed by atoms with van der Waals surface area (Å²) in [4.78, 5) is 22.9. The van der Waals surface area contributed by atoms with Crippen LogP contribution in [0.2, 0.25) is 0 Å². The van der Waals surface area contributed by atoms with E-state index in [0.717, 1.165) is 12.8 Å². The zero-order chi connectivity index (χ0) is 10.4. The molecule has 1 aliphatic carbocycles. The summed E-state index contributed by atoms with van der Waals surface area (Å²) in [6, 6.07) is 0. The van der Waals surface area contributed by atoms with Gasteiger partial charge in [0, 0.05) is 6.42 Å². The Hall–Kier alpha value is -1.12. The lowest BCUT2D eigenvalue weighted by Crippen LogP contribution is -2.26. The molecule has 0 aromatic carbocycles. The van der Waals surface area contributed by atoms with Crippen molar-refractivity contribution in [3.8, 4) is 0 Å². The number of carbonyl (C=O) groups is 2. The molecule has 3 nitrogen and oxygen atoms in total. The van der Waals surface area contributed by atoms with Crippen molar-refractivity contribution in [1.82, 2.24) is 0 Å². The molecule has 0 N–H and O–H groups in total. The molecule has 0 saturated carbocycles. The summed E-state index contributed by atoms with van der Waals surface area (Å²) in [5.74, 6) is -0.914. The monoisotopic (exact) mass is 196 g/mol. The third kappa shape index (κ3) is 2.98. The normalized spacial score (nSPS) is 22.6. The molecule has 0 aliphatic heterocycles. The van der Waals surface area contributed by atoms with Gasteiger partial charge in [-0.15, -0.1) is 0 Å². The lowest BCUT2D eigenvalue weighted by Gasteiger charge is -2.13. The van der Waals surface area contributed by atoms with E-state index in [1.807, 2.05) is 12.2 Å². The van der Waals surface area contributed by atoms with Crippen molar-refractivity contribution in [2.45, 2.75) is 32.6 Å². The number of esters is 1. The van der Waals surface area contributed by atoms with Crippen molar-refractivity contribution in [2.24, 2.45) is 5.92 Å². The fourth-order valence-electron chi connectivity index (χ4n) is 1.52. The van der Waals surface area contributed by atoms with E-state index in [9.17, 15) is 9.59 Å². The van der Waals surface area contributed by atoms with Crippen molar-refractivity contribution < 1.29 is 14.3 Å². The van der Waals surface area contributed by atoms with E-state index >= 15 is 0 Å². The first-order chi connectivity index (χ1) is 6.75. The van der Waals surface area contributed by atoms with Crippen LogP contribution in [0, 0.1) is 5.92 Å². The summed E-state index contributed by atoms with van der Waals surface area (Å²) in [6.45, 7) is 2.09. The van der Waals surface area contributed by atoms with Crippen LogP contribution in [0.15, 0.2) is 12.2 Å². The van der Waals surface area contributed by atoms with Crippen molar-refractivity contribution in [2.75, 3.05) is 6.61 Å². The minimum absolute atomic E-state index is 0.0211. The van der Waals surface area contributed by atoms with E-state index in [1.165, 1.54) is 0 Å². The second-order valence-electron chi connectivity index (χ2n) is 3.37. The highest BCUT2D eigenvalue weighted by molar-refractivity contribution is 5.99. The highest BCUT2D eigenvalue weighted by Crippen LogP contribution is 2.16. The van der Waals surface area contributed by atoms with Crippen LogP contribution >= 0.6 is 0 Å². The van der Waals surface area contributed by atoms with Gasteiger partial charge in [-0.1, -0.05) is 12.2 Å². The molecule has 0 amide bonds. The number of hydrogen-bond donors (Lipinski definition) is 0. The van der Waals surface area contributed by atoms with E-state index in [0.29, 0.717) is 19.4 Å². The largest absolute Gasteiger partial charge is 0.465 e. The molecule has 1 atom stereocenters. The van der Waals surface area contributed by atoms with Gasteiger partial charge in [-0.3, -0.25) is 9.59 Å². The second-order valence-corrected chi connectivity index (χ2v) is 3.37. The molecule has 0 radical (unpaired) electrons. The SMILES string of the molecule is CCOC(=O)C1CC=CCCCC1=O. The second kappa shape index (κ2) is 5.58. The average molecular weight is 196 g/mol. The molecular formula is C11H16O3. The Morgan fingerprint density at radius 1 is 1.57 bits per heavy atom. The topological polar surface area (TPSA) is 43.4 Å². The number of rotatable bonds is 2. The van der Waals surface area contributed by atoms with Crippen LogP contribution in [0.3, 0.4) is 0 Å². The maximum atomic E-state index is 11.5. The maximum absolute atomic E-state index is 11.5. The predicted octanol–water partition coefficient (Wildman–Crippen LogP) is 1.86. The summed E-state index contributed by atoms with van der Waals surface area (Å²) in [5, 5.41) is 0. The van der Waals surface area contributed by atoms with E-state index < -0.39 is 5.92 Å². The third-order valence-corrected chi connectivity index (χ3v) is 2.29. The molecule has 1 rings (SSSR count). The zero-order valence-electron chi connectivity index (χ0n) is 8.49. The molecule has 0 bridgehead atoms. The number of Topliss-reactive ketones (excluding diaryl/α,β-unsaturated/α-hetero) is 1. The molecule has 0 fully saturated rings. The molecular weight excluding hydrogens is 180 g/mol. The van der Waals surface area contributed by atoms with Gasteiger partial charge in [0.1, 0.15) is 11.7 Å². The van der Waals surface area contributed by atoms with Gasteiger partial charge in [-0.25, -0.2) is 0 Å². The summed E-state index contributed by atoms with van der Waals surface area (Å²) in [7, 11) is 0. The molecule has 0 heterocycles. The van der Waals surface area contributed by atoms with Crippen LogP contribution in [-0.4, -0.2) is 18.4 Å². The van der Waals surface area contributed by atoms with Crippen LogP contribution in [-0.2, 0) is 14.3 Å². The summed E-state index contributed by atoms with van der Waals surface area (Å²) >= 11 is 0. The van der Waals surface area contributed by atoms with Crippen molar-refractivity contribution in [1.29, 1.82) is 0 Å². The average Bonchev–Trinajstić information content (AvgIpc) is 2.12. The fraction of sp³-hybridized carbons (Fsp3) is 0.636. The summed E-state index contributed by atoms with van der Waals surface area (Å²) in [5.41, 5.74) is 0. The van der Waals surface area contributed by atoms with Crippen LogP contribution in [0.25, 0.3) is 0 Å². The van der Waals surface area contributed by atoms with Gasteiger partial charge in [0.25, 0.3) is 0 Å². The van der Waals surface area contributed by atoms with Crippen LogP contribution in [0.4, 0.5) is 0 Å². The van der Waals surface area contributed by atoms with Gasteiger partial charge < -0.3 is 4.74 Å². The van der Waals surface area contributed by atoms with Gasteiger partial charge in [-0.05, 0) is 26.2 Å². The van der Waals surface area contributed by atoms with Crippen molar-refractivity contribution in [3.05, 3.63) is 12.2 Å². The Labute approximate surface area is 84.1 Å². The van der Waals surface area contributed by atoms with Gasteiger partial charge in [0.15, 0.2) is 0 Å². The van der Waals surface area contributed by atoms with E-state index in [4.69, 9.17) is 4.74 Å². The number of ether oxygens (including phenoxy) is 1. The van der Waals surface area contributed by atoms with Crippen LogP contribution < -0.4 is 0 Å². The number of carbonyl (C=O) groups excluding carboxylic acids is 2. The lowest BCUT2D eigenvalue weighted by molar-refractivity contribution is -0.151. The molecule has 0 aromatic heterocycles. The molecule has 1 unspecified atom stereocenters. The molecule has 14 heavy (non-hydrogen) atoms. The molecule has 0 aromatic rings. The summed E-state index contributed by atoms with van der Waals surface area (Å²) < 4.78 is 4.85. The Kier molecular flexibility index (Phi) is 4.36. The van der Waals surface area contributed by atoms with Gasteiger partial charge in [0.05, 0.1) is 6.61 Å². The lowest BCUT2D eigenvalue weighted by atomic mass is 9.93. The van der Waals surface area contributed by atoms with E-state index in [-0.39, 0.29) is 11.8 Å². The smallest absolute Gasteiger partial charge is 0.316 e. The van der Waals surface area contributed by atoms with Gasteiger partial charge in [-0.2, -0.15) is 0 Å². The predicted molar refractivity (Wildman–Crippen MR) is 52.7 cm³/mol. The minimum atomic E-state index is -0.563. The Morgan fingerprint density at radius 3 is 3.07 bits per heavy atom. The van der Waals surface area contributed by atoms with Crippen molar-refractivity contribution >= 4 is 11.8 Å². The third-order valence-electron chi connectivity index (χ3n) is 2.29. The van der Waals surface area contributed by atoms with Gasteiger partial charge >= 0.3 is 5.97 Å². The van der Waals surface area contributed by atoms with Crippen LogP contribution in [0.5, 0.6) is 0 Å². The van der Waals surface area contributed by atoms with E-state index in [1.54, 1.807) is 6.92 Å². The summed E-state index contributed by atoms with van der Waals surface area (Å²) in [6.07, 6.45) is 6.69. The molecule has 78 valence electrons. The first-order valence-corrected chi connectivity index (χ1v) is 5.10. The molecule has 0 spiro atoms. The molecule has 1 aliphatic rings. The van der Waals surface area contributed by atoms with Crippen LogP contribution in [0.1, 0.15) is 32.6 Å². The highest BCUT2D eigenvalue weighted by Gasteiger charge is 2.26. The zero-order valence-corrected chi connectivity index (χ0v) is 8.49. The number of ketones is 1. The number of allylic oxidation sites excluding steroid dienone is 2. The Morgan fingerprint density at radius 2 is 2.36 bits per heavy atom. The van der Waals surface area contributed by atoms with Crippen molar-refractivity contribution in [3.63, 3.8) is 0 Å². The fourth-order valence-corrected chi connectivity index (χ4v) is 1.52. The molecule has 3 heteroatoms. The highest BCUT2D eigenvalue weighted by atomic mass is 16.5. The van der Waals surface area contributed by atoms with Gasteiger partial charge in [0.2, 0.25) is 0 Å². The first-order valence-electron chi connectivity index (χ1n) is 5.10. The Bertz CT molecular complexity index is 243. The Balaban J connectivity index is 2.62. The quantitative estimate of drug-likeness (QED) is 0.384. The standard InChI is InChI=1S/C11H16O3/c1-2-14-11(13)9-7-5-3-4-6-8-10(9)12/h3,5,9H,2,4,6-8H2,1H3. The first kappa shape index (κ1) is 11.0. The molecule has 0 saturated heterocycles. The maximum Gasteiger partial charge on any atom is 0.316 e. The minimum Gasteiger partial charge on any atom is -0.465 e. The number of hydrogen-bond acceptors (Lipinski definition) is 3.